The number of urea groups is 1. The maximum atomic E-state index is 11.1. The Morgan fingerprint density at radius 1 is 1.50 bits per heavy atom. The van der Waals surface area contributed by atoms with Crippen molar-refractivity contribution < 1.29 is 14.7 Å². The van der Waals surface area contributed by atoms with Gasteiger partial charge in [0.1, 0.15) is 0 Å². The minimum Gasteiger partial charge on any atom is -0.481 e. The van der Waals surface area contributed by atoms with Crippen molar-refractivity contribution in [1.82, 2.24) is 10.6 Å². The predicted octanol–water partition coefficient (Wildman–Crippen LogP) is 0.313. The molecule has 2 fully saturated rings. The maximum Gasteiger partial charge on any atom is 0.315 e. The number of carbonyl (C=O) groups excluding carboxylic acids is 1. The number of carbonyl (C=O) groups is 2. The highest BCUT2D eigenvalue weighted by atomic mass is 16.4. The number of nitrogens with one attached hydrogen (secondary N) is 2. The van der Waals surface area contributed by atoms with E-state index in [1.807, 2.05) is 0 Å². The quantitative estimate of drug-likeness (QED) is 0.567. The zero-order chi connectivity index (χ0) is 10.2. The standard InChI is InChI=1S/C9H14N2O3/c12-7(13)6-1-2-9(5-6)3-4-10-8(14)11-9/h6H,1-5H2,(H,12,13)(H2,10,11,14)/t6-,9?/m1/s1. The van der Waals surface area contributed by atoms with Crippen molar-refractivity contribution in [2.75, 3.05) is 6.54 Å². The number of amides is 2. The van der Waals surface area contributed by atoms with E-state index in [9.17, 15) is 9.59 Å². The van der Waals surface area contributed by atoms with E-state index in [1.165, 1.54) is 0 Å². The summed E-state index contributed by atoms with van der Waals surface area (Å²) in [7, 11) is 0. The fourth-order valence-electron chi connectivity index (χ4n) is 2.44. The molecule has 1 heterocycles. The van der Waals surface area contributed by atoms with Crippen molar-refractivity contribution in [2.24, 2.45) is 5.92 Å². The van der Waals surface area contributed by atoms with Crippen molar-refractivity contribution >= 4 is 12.0 Å². The maximum absolute atomic E-state index is 11.1. The average molecular weight is 198 g/mol. The molecule has 0 bridgehead atoms. The van der Waals surface area contributed by atoms with Gasteiger partial charge in [0.2, 0.25) is 0 Å². The molecule has 2 aliphatic rings. The van der Waals surface area contributed by atoms with Crippen LogP contribution in [0.15, 0.2) is 0 Å². The van der Waals surface area contributed by atoms with Crippen molar-refractivity contribution in [3.8, 4) is 0 Å². The molecule has 1 spiro atoms. The molecule has 0 aromatic heterocycles. The molecule has 5 heteroatoms. The number of carboxylic acid groups (broad SMARTS) is 1. The Labute approximate surface area is 81.9 Å². The number of hydrogen-bond acceptors (Lipinski definition) is 2. The number of aliphatic carboxylic acids is 1. The molecule has 1 saturated heterocycles. The Morgan fingerprint density at radius 2 is 2.29 bits per heavy atom. The zero-order valence-corrected chi connectivity index (χ0v) is 7.88. The van der Waals surface area contributed by atoms with Gasteiger partial charge < -0.3 is 15.7 Å². The lowest BCUT2D eigenvalue weighted by atomic mass is 9.90. The topological polar surface area (TPSA) is 78.4 Å². The second-order valence-electron chi connectivity index (χ2n) is 4.19. The lowest BCUT2D eigenvalue weighted by molar-refractivity contribution is -0.141. The van der Waals surface area contributed by atoms with Gasteiger partial charge in [-0.05, 0) is 25.7 Å². The summed E-state index contributed by atoms with van der Waals surface area (Å²) in [6.45, 7) is 0.651. The van der Waals surface area contributed by atoms with Crippen LogP contribution in [0.1, 0.15) is 25.7 Å². The van der Waals surface area contributed by atoms with Crippen LogP contribution in [-0.2, 0) is 4.79 Å². The summed E-state index contributed by atoms with van der Waals surface area (Å²) in [5.74, 6) is -1.02. The van der Waals surface area contributed by atoms with E-state index in [2.05, 4.69) is 10.6 Å². The van der Waals surface area contributed by atoms with Gasteiger partial charge >= 0.3 is 12.0 Å². The van der Waals surface area contributed by atoms with Crippen molar-refractivity contribution in [2.45, 2.75) is 31.2 Å². The first-order valence-corrected chi connectivity index (χ1v) is 4.90. The molecule has 1 aliphatic carbocycles. The third kappa shape index (κ3) is 1.54. The molecule has 3 N–H and O–H groups in total. The van der Waals surface area contributed by atoms with Crippen molar-refractivity contribution in [3.05, 3.63) is 0 Å². The molecule has 1 aliphatic heterocycles. The minimum atomic E-state index is -0.741. The van der Waals surface area contributed by atoms with Crippen LogP contribution in [-0.4, -0.2) is 29.2 Å². The number of carboxylic acids is 1. The summed E-state index contributed by atoms with van der Waals surface area (Å²) in [6.07, 6.45) is 2.88. The Morgan fingerprint density at radius 3 is 2.86 bits per heavy atom. The molecule has 78 valence electrons. The van der Waals surface area contributed by atoms with Crippen LogP contribution in [0.3, 0.4) is 0 Å². The largest absolute Gasteiger partial charge is 0.481 e. The number of rotatable bonds is 1. The first-order valence-electron chi connectivity index (χ1n) is 4.90. The van der Waals surface area contributed by atoms with Gasteiger partial charge in [-0.3, -0.25) is 4.79 Å². The van der Waals surface area contributed by atoms with Gasteiger partial charge in [0.25, 0.3) is 0 Å². The minimum absolute atomic E-state index is 0.165. The Balaban J connectivity index is 2.04. The van der Waals surface area contributed by atoms with Crippen molar-refractivity contribution in [3.63, 3.8) is 0 Å². The van der Waals surface area contributed by atoms with Gasteiger partial charge in [0.15, 0.2) is 0 Å². The summed E-state index contributed by atoms with van der Waals surface area (Å²) in [5, 5.41) is 14.4. The second-order valence-corrected chi connectivity index (χ2v) is 4.19. The Bertz CT molecular complexity index is 279. The Hall–Kier alpha value is -1.26. The van der Waals surface area contributed by atoms with E-state index in [0.717, 1.165) is 12.8 Å². The van der Waals surface area contributed by atoms with Crippen LogP contribution < -0.4 is 10.6 Å². The van der Waals surface area contributed by atoms with Crippen LogP contribution >= 0.6 is 0 Å². The van der Waals surface area contributed by atoms with E-state index >= 15 is 0 Å². The molecule has 0 aromatic carbocycles. The van der Waals surface area contributed by atoms with Crippen molar-refractivity contribution in [1.29, 1.82) is 0 Å². The highest BCUT2D eigenvalue weighted by molar-refractivity contribution is 5.76. The first kappa shape index (κ1) is 9.30. The first-order chi connectivity index (χ1) is 6.61. The Kier molecular flexibility index (Phi) is 2.09. The molecule has 2 amide bonds. The lowest BCUT2D eigenvalue weighted by Crippen LogP contribution is -2.57. The third-order valence-corrected chi connectivity index (χ3v) is 3.23. The molecular weight excluding hydrogens is 184 g/mol. The van der Waals surface area contributed by atoms with Gasteiger partial charge in [-0.1, -0.05) is 0 Å². The molecule has 2 rings (SSSR count). The van der Waals surface area contributed by atoms with Gasteiger partial charge in [-0.2, -0.15) is 0 Å². The molecular formula is C9H14N2O3. The van der Waals surface area contributed by atoms with Gasteiger partial charge in [0, 0.05) is 12.1 Å². The highest BCUT2D eigenvalue weighted by Gasteiger charge is 2.44. The van der Waals surface area contributed by atoms with Crippen LogP contribution in [0.25, 0.3) is 0 Å². The second kappa shape index (κ2) is 3.15. The van der Waals surface area contributed by atoms with Crippen LogP contribution in [0.5, 0.6) is 0 Å². The third-order valence-electron chi connectivity index (χ3n) is 3.23. The van der Waals surface area contributed by atoms with E-state index < -0.39 is 5.97 Å². The fraction of sp³-hybridized carbons (Fsp3) is 0.778. The summed E-state index contributed by atoms with van der Waals surface area (Å²) >= 11 is 0. The lowest BCUT2D eigenvalue weighted by Gasteiger charge is -2.34. The molecule has 1 saturated carbocycles. The molecule has 1 unspecified atom stereocenters. The van der Waals surface area contributed by atoms with Gasteiger partial charge in [-0.15, -0.1) is 0 Å². The van der Waals surface area contributed by atoms with Crippen LogP contribution in [0.2, 0.25) is 0 Å². The summed E-state index contributed by atoms with van der Waals surface area (Å²) in [4.78, 5) is 21.9. The molecule has 14 heavy (non-hydrogen) atoms. The molecule has 5 nitrogen and oxygen atoms in total. The monoisotopic (exact) mass is 198 g/mol. The average Bonchev–Trinajstić information content (AvgIpc) is 2.49. The predicted molar refractivity (Wildman–Crippen MR) is 48.9 cm³/mol. The van der Waals surface area contributed by atoms with Gasteiger partial charge in [-0.25, -0.2) is 4.79 Å². The smallest absolute Gasteiger partial charge is 0.315 e. The highest BCUT2D eigenvalue weighted by Crippen LogP contribution is 2.37. The summed E-state index contributed by atoms with van der Waals surface area (Å²) in [5.41, 5.74) is -0.245. The molecule has 2 atom stereocenters. The normalized spacial score (nSPS) is 36.6. The molecule has 0 radical (unpaired) electrons. The number of hydrogen-bond donors (Lipinski definition) is 3. The zero-order valence-electron chi connectivity index (χ0n) is 7.88. The van der Waals surface area contributed by atoms with Crippen LogP contribution in [0, 0.1) is 5.92 Å². The van der Waals surface area contributed by atoms with Gasteiger partial charge in [0.05, 0.1) is 5.92 Å². The fourth-order valence-corrected chi connectivity index (χ4v) is 2.44. The van der Waals surface area contributed by atoms with E-state index in [4.69, 9.17) is 5.11 Å². The van der Waals surface area contributed by atoms with E-state index in [-0.39, 0.29) is 17.5 Å². The van der Waals surface area contributed by atoms with Crippen LogP contribution in [0.4, 0.5) is 4.79 Å². The van der Waals surface area contributed by atoms with E-state index in [0.29, 0.717) is 19.4 Å². The van der Waals surface area contributed by atoms with E-state index in [1.54, 1.807) is 0 Å². The SMILES string of the molecule is O=C1NCCC2(CC[C@@H](C(=O)O)C2)N1. The molecule has 0 aromatic rings. The summed E-state index contributed by atoms with van der Waals surface area (Å²) < 4.78 is 0. The summed E-state index contributed by atoms with van der Waals surface area (Å²) in [6, 6.07) is -0.165.